The molecule has 1 aliphatic heterocycles. The van der Waals surface area contributed by atoms with E-state index in [0.717, 1.165) is 24.0 Å². The summed E-state index contributed by atoms with van der Waals surface area (Å²) in [5, 5.41) is 5.24. The summed E-state index contributed by atoms with van der Waals surface area (Å²) in [6, 6.07) is 4.14. The van der Waals surface area contributed by atoms with Crippen molar-refractivity contribution in [2.45, 2.75) is 44.0 Å². The van der Waals surface area contributed by atoms with Gasteiger partial charge < -0.3 is 10.6 Å². The van der Waals surface area contributed by atoms with Crippen molar-refractivity contribution in [2.24, 2.45) is 0 Å². The topological polar surface area (TPSA) is 92.3 Å². The number of carbonyl (C=O) groups is 2. The Morgan fingerprint density at radius 3 is 2.70 bits per heavy atom. The van der Waals surface area contributed by atoms with Crippen molar-refractivity contribution in [1.29, 1.82) is 0 Å². The first-order valence-electron chi connectivity index (χ1n) is 7.67. The zero-order valence-corrected chi connectivity index (χ0v) is 14.2. The van der Waals surface area contributed by atoms with E-state index < -0.39 is 27.5 Å². The molecule has 1 fully saturated rings. The molecule has 0 spiro atoms. The highest BCUT2D eigenvalue weighted by atomic mass is 32.2. The summed E-state index contributed by atoms with van der Waals surface area (Å²) in [6.45, 7) is 4.31. The number of aryl methyl sites for hydroxylation is 2. The number of amides is 2. The molecular weight excluding hydrogens is 316 g/mol. The van der Waals surface area contributed by atoms with E-state index in [1.54, 1.807) is 12.1 Å². The molecule has 2 N–H and O–H groups in total. The van der Waals surface area contributed by atoms with E-state index in [9.17, 15) is 18.0 Å². The van der Waals surface area contributed by atoms with Gasteiger partial charge in [-0.2, -0.15) is 0 Å². The molecule has 1 aromatic carbocycles. The van der Waals surface area contributed by atoms with Crippen molar-refractivity contribution in [1.82, 2.24) is 10.6 Å². The summed E-state index contributed by atoms with van der Waals surface area (Å²) in [5.41, 5.74) is 1.85. The van der Waals surface area contributed by atoms with Gasteiger partial charge >= 0.3 is 0 Å². The SMILES string of the molecule is Cc1ccc(S(=O)(=O)CC(=O)N[C@H]2CCCCNC2=O)cc1C. The Morgan fingerprint density at radius 1 is 1.26 bits per heavy atom. The van der Waals surface area contributed by atoms with E-state index in [1.165, 1.54) is 6.07 Å². The molecule has 2 amide bonds. The summed E-state index contributed by atoms with van der Waals surface area (Å²) in [4.78, 5) is 24.0. The molecule has 0 aliphatic carbocycles. The van der Waals surface area contributed by atoms with Crippen LogP contribution in [0, 0.1) is 13.8 Å². The van der Waals surface area contributed by atoms with Crippen LogP contribution in [0.2, 0.25) is 0 Å². The molecule has 6 nitrogen and oxygen atoms in total. The maximum Gasteiger partial charge on any atom is 0.242 e. The molecule has 0 saturated carbocycles. The van der Waals surface area contributed by atoms with E-state index >= 15 is 0 Å². The lowest BCUT2D eigenvalue weighted by Crippen LogP contribution is -2.47. The minimum absolute atomic E-state index is 0.126. The van der Waals surface area contributed by atoms with Crippen molar-refractivity contribution < 1.29 is 18.0 Å². The Kier molecular flexibility index (Phi) is 5.41. The largest absolute Gasteiger partial charge is 0.354 e. The molecule has 0 radical (unpaired) electrons. The smallest absolute Gasteiger partial charge is 0.242 e. The molecule has 126 valence electrons. The van der Waals surface area contributed by atoms with Crippen molar-refractivity contribution >= 4 is 21.7 Å². The van der Waals surface area contributed by atoms with Crippen LogP contribution in [0.5, 0.6) is 0 Å². The molecule has 1 atom stereocenters. The number of hydrogen-bond donors (Lipinski definition) is 2. The molecule has 1 heterocycles. The van der Waals surface area contributed by atoms with Crippen LogP contribution in [-0.2, 0) is 19.4 Å². The number of sulfone groups is 1. The summed E-state index contributed by atoms with van der Waals surface area (Å²) in [6.07, 6.45) is 2.20. The van der Waals surface area contributed by atoms with Crippen LogP contribution in [0.4, 0.5) is 0 Å². The first-order valence-corrected chi connectivity index (χ1v) is 9.32. The first-order chi connectivity index (χ1) is 10.8. The second-order valence-electron chi connectivity index (χ2n) is 5.91. The molecule has 2 rings (SSSR count). The predicted molar refractivity (Wildman–Crippen MR) is 86.8 cm³/mol. The van der Waals surface area contributed by atoms with Gasteiger partial charge in [-0.3, -0.25) is 9.59 Å². The van der Waals surface area contributed by atoms with E-state index in [-0.39, 0.29) is 10.8 Å². The van der Waals surface area contributed by atoms with Crippen molar-refractivity contribution in [3.05, 3.63) is 29.3 Å². The summed E-state index contributed by atoms with van der Waals surface area (Å²) >= 11 is 0. The second kappa shape index (κ2) is 7.12. The van der Waals surface area contributed by atoms with Gasteiger partial charge in [0.05, 0.1) is 4.90 Å². The van der Waals surface area contributed by atoms with Gasteiger partial charge in [-0.15, -0.1) is 0 Å². The fourth-order valence-corrected chi connectivity index (χ4v) is 3.70. The van der Waals surface area contributed by atoms with Gasteiger partial charge in [0.15, 0.2) is 9.84 Å². The summed E-state index contributed by atoms with van der Waals surface area (Å²) in [5.74, 6) is -1.55. The zero-order chi connectivity index (χ0) is 17.0. The third-order valence-corrected chi connectivity index (χ3v) is 5.64. The fourth-order valence-electron chi connectivity index (χ4n) is 2.48. The molecule has 0 aromatic heterocycles. The monoisotopic (exact) mass is 338 g/mol. The van der Waals surface area contributed by atoms with E-state index in [4.69, 9.17) is 0 Å². The molecule has 1 saturated heterocycles. The Balaban J connectivity index is 2.05. The minimum atomic E-state index is -3.72. The van der Waals surface area contributed by atoms with Crippen LogP contribution in [0.15, 0.2) is 23.1 Å². The number of benzene rings is 1. The van der Waals surface area contributed by atoms with Crippen LogP contribution in [0.25, 0.3) is 0 Å². The van der Waals surface area contributed by atoms with Crippen LogP contribution in [0.3, 0.4) is 0 Å². The van der Waals surface area contributed by atoms with Gasteiger partial charge in [-0.05, 0) is 56.4 Å². The summed E-state index contributed by atoms with van der Waals surface area (Å²) < 4.78 is 24.7. The Hall–Kier alpha value is -1.89. The van der Waals surface area contributed by atoms with Crippen molar-refractivity contribution in [3.63, 3.8) is 0 Å². The first kappa shape index (κ1) is 17.5. The van der Waals surface area contributed by atoms with Crippen molar-refractivity contribution in [3.8, 4) is 0 Å². The normalized spacial score (nSPS) is 18.9. The second-order valence-corrected chi connectivity index (χ2v) is 7.90. The Bertz CT molecular complexity index is 713. The van der Waals surface area contributed by atoms with Gasteiger partial charge in [-0.25, -0.2) is 8.42 Å². The third-order valence-electron chi connectivity index (χ3n) is 4.03. The number of nitrogens with one attached hydrogen (secondary N) is 2. The maximum atomic E-state index is 12.3. The van der Waals surface area contributed by atoms with Gasteiger partial charge in [-0.1, -0.05) is 6.07 Å². The van der Waals surface area contributed by atoms with E-state index in [2.05, 4.69) is 10.6 Å². The molecular formula is C16H22N2O4S. The van der Waals surface area contributed by atoms with Gasteiger partial charge in [0.25, 0.3) is 0 Å². The fraction of sp³-hybridized carbons (Fsp3) is 0.500. The molecule has 1 aliphatic rings. The average Bonchev–Trinajstić information content (AvgIpc) is 2.66. The van der Waals surface area contributed by atoms with Gasteiger partial charge in [0, 0.05) is 6.54 Å². The Labute approximate surface area is 136 Å². The molecule has 0 unspecified atom stereocenters. The highest BCUT2D eigenvalue weighted by Crippen LogP contribution is 2.16. The number of rotatable bonds is 4. The quantitative estimate of drug-likeness (QED) is 0.852. The maximum absolute atomic E-state index is 12.3. The van der Waals surface area contributed by atoms with Gasteiger partial charge in [0.2, 0.25) is 11.8 Å². The highest BCUT2D eigenvalue weighted by molar-refractivity contribution is 7.92. The third kappa shape index (κ3) is 4.54. The van der Waals surface area contributed by atoms with Gasteiger partial charge in [0.1, 0.15) is 11.8 Å². The standard InChI is InChI=1S/C16H22N2O4S/c1-11-6-7-13(9-12(11)2)23(21,22)10-15(19)18-14-5-3-4-8-17-16(14)20/h6-7,9,14H,3-5,8,10H2,1-2H3,(H,17,20)(H,18,19)/t14-/m0/s1. The molecule has 7 heteroatoms. The van der Waals surface area contributed by atoms with E-state index in [1.807, 2.05) is 13.8 Å². The van der Waals surface area contributed by atoms with Crippen LogP contribution < -0.4 is 10.6 Å². The lowest BCUT2D eigenvalue weighted by Gasteiger charge is -2.15. The predicted octanol–water partition coefficient (Wildman–Crippen LogP) is 0.862. The van der Waals surface area contributed by atoms with E-state index in [0.29, 0.717) is 13.0 Å². The molecule has 1 aromatic rings. The summed E-state index contributed by atoms with van der Waals surface area (Å²) in [7, 11) is -3.72. The zero-order valence-electron chi connectivity index (χ0n) is 13.4. The molecule has 0 bridgehead atoms. The minimum Gasteiger partial charge on any atom is -0.354 e. The number of hydrogen-bond acceptors (Lipinski definition) is 4. The lowest BCUT2D eigenvalue weighted by molar-refractivity contribution is -0.127. The molecule has 23 heavy (non-hydrogen) atoms. The highest BCUT2D eigenvalue weighted by Gasteiger charge is 2.26. The van der Waals surface area contributed by atoms with Crippen molar-refractivity contribution in [2.75, 3.05) is 12.3 Å². The lowest BCUT2D eigenvalue weighted by atomic mass is 10.1. The van der Waals surface area contributed by atoms with Crippen LogP contribution in [-0.4, -0.2) is 38.6 Å². The number of carbonyl (C=O) groups excluding carboxylic acids is 2. The average molecular weight is 338 g/mol. The Morgan fingerprint density at radius 2 is 2.00 bits per heavy atom. The van der Waals surface area contributed by atoms with Crippen LogP contribution in [0.1, 0.15) is 30.4 Å². The van der Waals surface area contributed by atoms with Crippen LogP contribution >= 0.6 is 0 Å².